The van der Waals surface area contributed by atoms with Crippen molar-refractivity contribution >= 4 is 0 Å². The largest absolute Gasteiger partial charge is 0.493 e. The van der Waals surface area contributed by atoms with Gasteiger partial charge in [-0.05, 0) is 17.7 Å². The minimum atomic E-state index is -0.360. The average Bonchev–Trinajstić information content (AvgIpc) is 2.62. The van der Waals surface area contributed by atoms with Crippen molar-refractivity contribution in [2.24, 2.45) is 0 Å². The Balaban J connectivity index is 1.89. The van der Waals surface area contributed by atoms with Gasteiger partial charge in [-0.1, -0.05) is 30.3 Å². The number of halogens is 1. The summed E-state index contributed by atoms with van der Waals surface area (Å²) in [5, 5.41) is 3.31. The van der Waals surface area contributed by atoms with Gasteiger partial charge in [0.2, 0.25) is 0 Å². The summed E-state index contributed by atoms with van der Waals surface area (Å²) >= 11 is 0. The molecule has 2 aromatic rings. The number of methoxy groups -OCH3 is 1. The summed E-state index contributed by atoms with van der Waals surface area (Å²) in [6.45, 7) is 2.17. The molecule has 1 saturated heterocycles. The lowest BCUT2D eigenvalue weighted by atomic mass is 10.0. The van der Waals surface area contributed by atoms with Gasteiger partial charge >= 0.3 is 0 Å². The van der Waals surface area contributed by atoms with Gasteiger partial charge in [-0.2, -0.15) is 0 Å². The molecular weight excluding hydrogens is 297 g/mol. The van der Waals surface area contributed by atoms with Crippen molar-refractivity contribution in [3.05, 3.63) is 59.9 Å². The lowest BCUT2D eigenvalue weighted by Gasteiger charge is -2.32. The van der Waals surface area contributed by atoms with Crippen LogP contribution in [-0.4, -0.2) is 32.9 Å². The quantitative estimate of drug-likeness (QED) is 0.920. The Bertz CT molecular complexity index is 629. The molecule has 1 aliphatic rings. The molecule has 2 aromatic carbocycles. The van der Waals surface area contributed by atoms with E-state index in [-0.39, 0.29) is 18.0 Å². The van der Waals surface area contributed by atoms with Crippen LogP contribution in [-0.2, 0) is 4.74 Å². The molecule has 1 aliphatic heterocycles. The summed E-state index contributed by atoms with van der Waals surface area (Å²) in [7, 11) is 1.50. The van der Waals surface area contributed by atoms with Crippen molar-refractivity contribution in [3.63, 3.8) is 0 Å². The highest BCUT2D eigenvalue weighted by molar-refractivity contribution is 5.40. The van der Waals surface area contributed by atoms with Crippen molar-refractivity contribution < 1.29 is 18.6 Å². The van der Waals surface area contributed by atoms with Crippen LogP contribution in [0, 0.1) is 5.82 Å². The molecule has 5 heteroatoms. The molecule has 1 heterocycles. The van der Waals surface area contributed by atoms with Crippen LogP contribution in [0.5, 0.6) is 11.5 Å². The molecule has 1 N–H and O–H groups in total. The van der Waals surface area contributed by atoms with E-state index in [1.165, 1.54) is 19.2 Å². The average molecular weight is 317 g/mol. The van der Waals surface area contributed by atoms with E-state index in [4.69, 9.17) is 14.2 Å². The van der Waals surface area contributed by atoms with Crippen LogP contribution in [0.1, 0.15) is 11.7 Å². The number of ether oxygens (including phenoxy) is 3. The van der Waals surface area contributed by atoms with Gasteiger partial charge in [0, 0.05) is 19.2 Å². The Morgan fingerprint density at radius 3 is 2.70 bits per heavy atom. The van der Waals surface area contributed by atoms with Crippen molar-refractivity contribution in [3.8, 4) is 11.5 Å². The monoisotopic (exact) mass is 317 g/mol. The Morgan fingerprint density at radius 1 is 1.17 bits per heavy atom. The fourth-order valence-electron chi connectivity index (χ4n) is 2.66. The summed E-state index contributed by atoms with van der Waals surface area (Å²) in [5.74, 6) is 0.507. The van der Waals surface area contributed by atoms with Crippen LogP contribution in [0.15, 0.2) is 48.5 Å². The van der Waals surface area contributed by atoms with Crippen molar-refractivity contribution in [2.75, 3.05) is 26.8 Å². The summed E-state index contributed by atoms with van der Waals surface area (Å²) in [5.41, 5.74) is 1.01. The molecule has 4 nitrogen and oxygen atoms in total. The Kier molecular flexibility index (Phi) is 5.10. The van der Waals surface area contributed by atoms with Crippen LogP contribution in [0.25, 0.3) is 0 Å². The second-order valence-electron chi connectivity index (χ2n) is 5.36. The molecule has 2 atom stereocenters. The van der Waals surface area contributed by atoms with Crippen molar-refractivity contribution in [2.45, 2.75) is 12.2 Å². The topological polar surface area (TPSA) is 39.7 Å². The number of hydrogen-bond acceptors (Lipinski definition) is 4. The SMILES string of the molecule is COc1cc(F)ccc1O[C@H](c1ccccc1)[C@H]1CNCCO1. The zero-order chi connectivity index (χ0) is 16.1. The van der Waals surface area contributed by atoms with E-state index in [1.807, 2.05) is 30.3 Å². The molecule has 0 saturated carbocycles. The highest BCUT2D eigenvalue weighted by Gasteiger charge is 2.28. The van der Waals surface area contributed by atoms with Gasteiger partial charge in [-0.25, -0.2) is 4.39 Å². The third-order valence-electron chi connectivity index (χ3n) is 3.80. The van der Waals surface area contributed by atoms with Crippen LogP contribution >= 0.6 is 0 Å². The van der Waals surface area contributed by atoms with Crippen LogP contribution < -0.4 is 14.8 Å². The molecule has 0 aromatic heterocycles. The molecule has 23 heavy (non-hydrogen) atoms. The summed E-state index contributed by atoms with van der Waals surface area (Å²) in [4.78, 5) is 0. The van der Waals surface area contributed by atoms with Gasteiger partial charge in [0.05, 0.1) is 13.7 Å². The molecule has 0 radical (unpaired) electrons. The van der Waals surface area contributed by atoms with E-state index in [9.17, 15) is 4.39 Å². The number of rotatable bonds is 5. The third kappa shape index (κ3) is 3.81. The maximum Gasteiger partial charge on any atom is 0.163 e. The van der Waals surface area contributed by atoms with Crippen molar-refractivity contribution in [1.29, 1.82) is 0 Å². The lowest BCUT2D eigenvalue weighted by Crippen LogP contribution is -2.43. The molecule has 0 aliphatic carbocycles. The van der Waals surface area contributed by atoms with E-state index in [0.29, 0.717) is 24.7 Å². The number of benzene rings is 2. The van der Waals surface area contributed by atoms with E-state index < -0.39 is 0 Å². The third-order valence-corrected chi connectivity index (χ3v) is 3.80. The Labute approximate surface area is 135 Å². The molecule has 0 amide bonds. The first-order valence-corrected chi connectivity index (χ1v) is 7.65. The first kappa shape index (κ1) is 15.8. The predicted octanol–water partition coefficient (Wildman–Crippen LogP) is 2.94. The molecule has 0 unspecified atom stereocenters. The Hall–Kier alpha value is -2.11. The maximum atomic E-state index is 13.4. The van der Waals surface area contributed by atoms with Crippen LogP contribution in [0.3, 0.4) is 0 Å². The zero-order valence-corrected chi connectivity index (χ0v) is 13.0. The normalized spacial score (nSPS) is 19.1. The number of morpholine rings is 1. The summed E-state index contributed by atoms with van der Waals surface area (Å²) < 4.78 is 30.6. The predicted molar refractivity (Wildman–Crippen MR) is 85.4 cm³/mol. The van der Waals surface area contributed by atoms with Crippen LogP contribution in [0.2, 0.25) is 0 Å². The fraction of sp³-hybridized carbons (Fsp3) is 0.333. The highest BCUT2D eigenvalue weighted by Crippen LogP contribution is 2.34. The maximum absolute atomic E-state index is 13.4. The van der Waals surface area contributed by atoms with Crippen LogP contribution in [0.4, 0.5) is 4.39 Å². The first-order valence-electron chi connectivity index (χ1n) is 7.65. The molecule has 3 rings (SSSR count). The number of hydrogen-bond donors (Lipinski definition) is 1. The molecular formula is C18H20FNO3. The van der Waals surface area contributed by atoms with Gasteiger partial charge in [0.25, 0.3) is 0 Å². The minimum Gasteiger partial charge on any atom is -0.493 e. The molecule has 122 valence electrons. The molecule has 1 fully saturated rings. The fourth-order valence-corrected chi connectivity index (χ4v) is 2.66. The van der Waals surface area contributed by atoms with Gasteiger partial charge in [0.1, 0.15) is 11.9 Å². The second-order valence-corrected chi connectivity index (χ2v) is 5.36. The molecule has 0 bridgehead atoms. The van der Waals surface area contributed by atoms with E-state index in [0.717, 1.165) is 12.1 Å². The van der Waals surface area contributed by atoms with E-state index >= 15 is 0 Å². The zero-order valence-electron chi connectivity index (χ0n) is 13.0. The number of nitrogens with one attached hydrogen (secondary N) is 1. The van der Waals surface area contributed by atoms with Gasteiger partial charge in [-0.15, -0.1) is 0 Å². The smallest absolute Gasteiger partial charge is 0.163 e. The first-order chi connectivity index (χ1) is 11.3. The lowest BCUT2D eigenvalue weighted by molar-refractivity contribution is -0.0438. The standard InChI is InChI=1S/C18H20FNO3/c1-21-16-11-14(19)7-8-15(16)23-18(13-5-3-2-4-6-13)17-12-20-9-10-22-17/h2-8,11,17-18,20H,9-10,12H2,1H3/t17-,18-/m1/s1. The summed E-state index contributed by atoms with van der Waals surface area (Å²) in [6.07, 6.45) is -0.427. The molecule has 0 spiro atoms. The van der Waals surface area contributed by atoms with Gasteiger partial charge in [0.15, 0.2) is 17.6 Å². The highest BCUT2D eigenvalue weighted by atomic mass is 19.1. The Morgan fingerprint density at radius 2 is 2.00 bits per heavy atom. The van der Waals surface area contributed by atoms with Gasteiger partial charge < -0.3 is 19.5 Å². The summed E-state index contributed by atoms with van der Waals surface area (Å²) in [6, 6.07) is 14.1. The second kappa shape index (κ2) is 7.44. The van der Waals surface area contributed by atoms with E-state index in [2.05, 4.69) is 5.32 Å². The van der Waals surface area contributed by atoms with Crippen molar-refractivity contribution in [1.82, 2.24) is 5.32 Å². The van der Waals surface area contributed by atoms with E-state index in [1.54, 1.807) is 6.07 Å². The minimum absolute atomic E-state index is 0.124. The van der Waals surface area contributed by atoms with Gasteiger partial charge in [-0.3, -0.25) is 0 Å².